The molecule has 0 radical (unpaired) electrons. The largest absolute Gasteiger partial charge is 0.416 e. The van der Waals surface area contributed by atoms with E-state index in [1.165, 1.54) is 12.1 Å². The van der Waals surface area contributed by atoms with E-state index in [2.05, 4.69) is 18.8 Å². The standard InChI is InChI=1S/C15H20F3N/c1-4-5-6-11(2)19-12(3)13-7-9-14(10-8-13)15(16,17)18/h4,7-12,19H,1,5-6H2,2-3H3. The van der Waals surface area contributed by atoms with Gasteiger partial charge in [-0.2, -0.15) is 13.2 Å². The van der Waals surface area contributed by atoms with Gasteiger partial charge in [0.15, 0.2) is 0 Å². The van der Waals surface area contributed by atoms with Crippen LogP contribution in [-0.2, 0) is 6.18 Å². The van der Waals surface area contributed by atoms with Crippen molar-refractivity contribution in [1.82, 2.24) is 5.32 Å². The van der Waals surface area contributed by atoms with E-state index >= 15 is 0 Å². The van der Waals surface area contributed by atoms with E-state index in [1.807, 2.05) is 13.0 Å². The number of hydrogen-bond acceptors (Lipinski definition) is 1. The van der Waals surface area contributed by atoms with Gasteiger partial charge in [-0.15, -0.1) is 6.58 Å². The zero-order valence-corrected chi connectivity index (χ0v) is 11.3. The van der Waals surface area contributed by atoms with Gasteiger partial charge >= 0.3 is 6.18 Å². The lowest BCUT2D eigenvalue weighted by Crippen LogP contribution is -2.28. The molecule has 0 spiro atoms. The number of halogens is 3. The topological polar surface area (TPSA) is 12.0 Å². The monoisotopic (exact) mass is 271 g/mol. The van der Waals surface area contributed by atoms with Gasteiger partial charge in [0.25, 0.3) is 0 Å². The molecule has 19 heavy (non-hydrogen) atoms. The molecule has 0 aliphatic heterocycles. The second-order valence-electron chi connectivity index (χ2n) is 4.78. The molecule has 106 valence electrons. The molecule has 0 aliphatic rings. The Kier molecular flexibility index (Phi) is 5.60. The molecule has 1 N–H and O–H groups in total. The van der Waals surface area contributed by atoms with Crippen LogP contribution >= 0.6 is 0 Å². The lowest BCUT2D eigenvalue weighted by molar-refractivity contribution is -0.137. The van der Waals surface area contributed by atoms with Gasteiger partial charge in [-0.25, -0.2) is 0 Å². The molecular formula is C15H20F3N. The molecular weight excluding hydrogens is 251 g/mol. The molecule has 4 heteroatoms. The molecule has 0 bridgehead atoms. The van der Waals surface area contributed by atoms with Crippen molar-refractivity contribution in [3.05, 3.63) is 48.0 Å². The summed E-state index contributed by atoms with van der Waals surface area (Å²) in [6.07, 6.45) is -0.518. The fourth-order valence-electron chi connectivity index (χ4n) is 1.93. The highest BCUT2D eigenvalue weighted by Gasteiger charge is 2.30. The minimum atomic E-state index is -4.27. The first kappa shape index (κ1) is 15.8. The van der Waals surface area contributed by atoms with Crippen LogP contribution in [0.5, 0.6) is 0 Å². The number of allylic oxidation sites excluding steroid dienone is 1. The highest BCUT2D eigenvalue weighted by atomic mass is 19.4. The molecule has 1 aromatic carbocycles. The Bertz CT molecular complexity index is 395. The average Bonchev–Trinajstić information content (AvgIpc) is 2.35. The van der Waals surface area contributed by atoms with Crippen LogP contribution in [0.25, 0.3) is 0 Å². The van der Waals surface area contributed by atoms with E-state index in [1.54, 1.807) is 0 Å². The van der Waals surface area contributed by atoms with Crippen molar-refractivity contribution < 1.29 is 13.2 Å². The fourth-order valence-corrected chi connectivity index (χ4v) is 1.93. The maximum absolute atomic E-state index is 12.4. The first-order valence-electron chi connectivity index (χ1n) is 6.38. The van der Waals surface area contributed by atoms with E-state index in [4.69, 9.17) is 0 Å². The van der Waals surface area contributed by atoms with Gasteiger partial charge in [0.05, 0.1) is 5.56 Å². The third kappa shape index (κ3) is 5.07. The highest BCUT2D eigenvalue weighted by Crippen LogP contribution is 2.29. The van der Waals surface area contributed by atoms with Crippen LogP contribution in [0.3, 0.4) is 0 Å². The SMILES string of the molecule is C=CCCC(C)NC(C)c1ccc(C(F)(F)F)cc1. The second-order valence-corrected chi connectivity index (χ2v) is 4.78. The van der Waals surface area contributed by atoms with Crippen molar-refractivity contribution in [1.29, 1.82) is 0 Å². The Balaban J connectivity index is 2.62. The number of alkyl halides is 3. The van der Waals surface area contributed by atoms with Crippen molar-refractivity contribution in [3.8, 4) is 0 Å². The third-order valence-electron chi connectivity index (χ3n) is 3.08. The van der Waals surface area contributed by atoms with Gasteiger partial charge in [-0.05, 0) is 44.4 Å². The summed E-state index contributed by atoms with van der Waals surface area (Å²) in [7, 11) is 0. The first-order valence-corrected chi connectivity index (χ1v) is 6.38. The molecule has 0 amide bonds. The number of nitrogens with one attached hydrogen (secondary N) is 1. The lowest BCUT2D eigenvalue weighted by Gasteiger charge is -2.20. The summed E-state index contributed by atoms with van der Waals surface area (Å²) in [6.45, 7) is 7.68. The second kappa shape index (κ2) is 6.75. The Labute approximate surface area is 112 Å². The van der Waals surface area contributed by atoms with Crippen molar-refractivity contribution in [2.24, 2.45) is 0 Å². The molecule has 0 fully saturated rings. The third-order valence-corrected chi connectivity index (χ3v) is 3.08. The summed E-state index contributed by atoms with van der Waals surface area (Å²) in [5.41, 5.74) is 0.251. The molecule has 1 nitrogen and oxygen atoms in total. The fraction of sp³-hybridized carbons (Fsp3) is 0.467. The summed E-state index contributed by atoms with van der Waals surface area (Å²) >= 11 is 0. The van der Waals surface area contributed by atoms with Crippen molar-refractivity contribution in [2.45, 2.75) is 44.9 Å². The predicted octanol–water partition coefficient (Wildman–Crippen LogP) is 4.71. The summed E-state index contributed by atoms with van der Waals surface area (Å²) in [4.78, 5) is 0. The highest BCUT2D eigenvalue weighted by molar-refractivity contribution is 5.26. The van der Waals surface area contributed by atoms with E-state index in [0.29, 0.717) is 6.04 Å². The first-order chi connectivity index (χ1) is 8.84. The summed E-state index contributed by atoms with van der Waals surface area (Å²) in [5.74, 6) is 0. The zero-order chi connectivity index (χ0) is 14.5. The molecule has 0 aromatic heterocycles. The minimum absolute atomic E-state index is 0.0297. The summed E-state index contributed by atoms with van der Waals surface area (Å²) in [5, 5.41) is 3.36. The van der Waals surface area contributed by atoms with Crippen LogP contribution < -0.4 is 5.32 Å². The molecule has 2 atom stereocenters. The zero-order valence-electron chi connectivity index (χ0n) is 11.3. The van der Waals surface area contributed by atoms with E-state index < -0.39 is 11.7 Å². The Hall–Kier alpha value is -1.29. The number of rotatable bonds is 6. The maximum atomic E-state index is 12.4. The van der Waals surface area contributed by atoms with Crippen molar-refractivity contribution >= 4 is 0 Å². The molecule has 1 aromatic rings. The van der Waals surface area contributed by atoms with Crippen LogP contribution in [-0.4, -0.2) is 6.04 Å². The van der Waals surface area contributed by atoms with Gasteiger partial charge in [-0.1, -0.05) is 18.2 Å². The lowest BCUT2D eigenvalue weighted by atomic mass is 10.0. The Morgan fingerprint density at radius 2 is 1.79 bits per heavy atom. The van der Waals surface area contributed by atoms with Crippen LogP contribution in [0.1, 0.15) is 43.9 Å². The van der Waals surface area contributed by atoms with Crippen LogP contribution in [0.2, 0.25) is 0 Å². The normalized spacial score (nSPS) is 15.0. The van der Waals surface area contributed by atoms with Gasteiger partial charge in [-0.3, -0.25) is 0 Å². The smallest absolute Gasteiger partial charge is 0.308 e. The average molecular weight is 271 g/mol. The molecule has 0 aliphatic carbocycles. The molecule has 1 rings (SSSR count). The number of benzene rings is 1. The quantitative estimate of drug-likeness (QED) is 0.739. The van der Waals surface area contributed by atoms with Gasteiger partial charge in [0.1, 0.15) is 0 Å². The van der Waals surface area contributed by atoms with Crippen LogP contribution in [0, 0.1) is 0 Å². The maximum Gasteiger partial charge on any atom is 0.416 e. The van der Waals surface area contributed by atoms with Crippen molar-refractivity contribution in [3.63, 3.8) is 0 Å². The van der Waals surface area contributed by atoms with Crippen LogP contribution in [0.15, 0.2) is 36.9 Å². The Morgan fingerprint density at radius 1 is 1.21 bits per heavy atom. The van der Waals surface area contributed by atoms with Crippen molar-refractivity contribution in [2.75, 3.05) is 0 Å². The van der Waals surface area contributed by atoms with E-state index in [0.717, 1.165) is 30.5 Å². The van der Waals surface area contributed by atoms with E-state index in [-0.39, 0.29) is 6.04 Å². The van der Waals surface area contributed by atoms with Gasteiger partial charge < -0.3 is 5.32 Å². The summed E-state index contributed by atoms with van der Waals surface area (Å²) in [6, 6.07) is 5.64. The molecule has 0 saturated carbocycles. The molecule has 0 saturated heterocycles. The summed E-state index contributed by atoms with van der Waals surface area (Å²) < 4.78 is 37.3. The molecule has 2 unspecified atom stereocenters. The Morgan fingerprint density at radius 3 is 2.26 bits per heavy atom. The van der Waals surface area contributed by atoms with Gasteiger partial charge in [0.2, 0.25) is 0 Å². The predicted molar refractivity (Wildman–Crippen MR) is 71.9 cm³/mol. The minimum Gasteiger partial charge on any atom is -0.308 e. The number of hydrogen-bond donors (Lipinski definition) is 1. The molecule has 0 heterocycles. The van der Waals surface area contributed by atoms with E-state index in [9.17, 15) is 13.2 Å². The van der Waals surface area contributed by atoms with Crippen LogP contribution in [0.4, 0.5) is 13.2 Å². The van der Waals surface area contributed by atoms with Gasteiger partial charge in [0, 0.05) is 12.1 Å².